The lowest BCUT2D eigenvalue weighted by molar-refractivity contribution is 0.577. The number of halogens is 2. The summed E-state index contributed by atoms with van der Waals surface area (Å²) in [5.74, 6) is 0. The van der Waals surface area contributed by atoms with E-state index in [1.807, 2.05) is 18.2 Å². The molecule has 0 saturated heterocycles. The van der Waals surface area contributed by atoms with E-state index in [-0.39, 0.29) is 6.04 Å². The first kappa shape index (κ1) is 15.4. The first-order valence-corrected chi connectivity index (χ1v) is 7.56. The van der Waals surface area contributed by atoms with Crippen molar-refractivity contribution in [3.8, 4) is 0 Å². The first-order chi connectivity index (χ1) is 9.58. The molecule has 106 valence electrons. The van der Waals surface area contributed by atoms with Crippen molar-refractivity contribution in [1.82, 2.24) is 5.32 Å². The molecule has 2 aromatic rings. The molecular formula is C17H19Cl2N. The molecule has 20 heavy (non-hydrogen) atoms. The molecular weight excluding hydrogens is 289 g/mol. The second-order valence-corrected chi connectivity index (χ2v) is 5.84. The third-order valence-electron chi connectivity index (χ3n) is 3.39. The van der Waals surface area contributed by atoms with Crippen molar-refractivity contribution in [2.75, 3.05) is 6.54 Å². The summed E-state index contributed by atoms with van der Waals surface area (Å²) < 4.78 is 0. The quantitative estimate of drug-likeness (QED) is 0.801. The Morgan fingerprint density at radius 1 is 1.10 bits per heavy atom. The molecule has 1 nitrogen and oxygen atoms in total. The van der Waals surface area contributed by atoms with Crippen LogP contribution in [0.3, 0.4) is 0 Å². The molecule has 1 unspecified atom stereocenters. The van der Waals surface area contributed by atoms with Crippen LogP contribution in [0.2, 0.25) is 10.0 Å². The third-order valence-corrected chi connectivity index (χ3v) is 4.23. The van der Waals surface area contributed by atoms with Gasteiger partial charge in [-0.25, -0.2) is 0 Å². The van der Waals surface area contributed by atoms with Crippen LogP contribution in [0.15, 0.2) is 42.5 Å². The fourth-order valence-corrected chi connectivity index (χ4v) is 2.74. The van der Waals surface area contributed by atoms with Gasteiger partial charge in [-0.3, -0.25) is 0 Å². The van der Waals surface area contributed by atoms with E-state index in [1.54, 1.807) is 0 Å². The lowest BCUT2D eigenvalue weighted by Crippen LogP contribution is -2.21. The highest BCUT2D eigenvalue weighted by atomic mass is 35.5. The van der Waals surface area contributed by atoms with Crippen molar-refractivity contribution in [3.05, 3.63) is 69.2 Å². The summed E-state index contributed by atoms with van der Waals surface area (Å²) >= 11 is 12.3. The first-order valence-electron chi connectivity index (χ1n) is 6.81. The van der Waals surface area contributed by atoms with E-state index < -0.39 is 0 Å². The number of nitrogens with one attached hydrogen (secondary N) is 1. The third kappa shape index (κ3) is 3.99. The van der Waals surface area contributed by atoms with Gasteiger partial charge in [0.2, 0.25) is 0 Å². The van der Waals surface area contributed by atoms with Crippen molar-refractivity contribution in [2.24, 2.45) is 0 Å². The van der Waals surface area contributed by atoms with Crippen LogP contribution in [0.5, 0.6) is 0 Å². The maximum atomic E-state index is 6.23. The van der Waals surface area contributed by atoms with Crippen molar-refractivity contribution >= 4 is 23.2 Å². The molecule has 2 aromatic carbocycles. The van der Waals surface area contributed by atoms with Crippen molar-refractivity contribution in [3.63, 3.8) is 0 Å². The fourth-order valence-electron chi connectivity index (χ4n) is 2.27. The monoisotopic (exact) mass is 307 g/mol. The smallest absolute Gasteiger partial charge is 0.0639 e. The minimum atomic E-state index is 0.186. The Kier molecular flexibility index (Phi) is 5.47. The predicted molar refractivity (Wildman–Crippen MR) is 87.8 cm³/mol. The van der Waals surface area contributed by atoms with Crippen molar-refractivity contribution < 1.29 is 0 Å². The van der Waals surface area contributed by atoms with E-state index in [1.165, 1.54) is 11.1 Å². The molecule has 3 heteroatoms. The Labute approximate surface area is 130 Å². The minimum absolute atomic E-state index is 0.186. The Balaban J connectivity index is 1.92. The topological polar surface area (TPSA) is 12.0 Å². The van der Waals surface area contributed by atoms with E-state index in [4.69, 9.17) is 23.2 Å². The average Bonchev–Trinajstić information content (AvgIpc) is 2.42. The minimum Gasteiger partial charge on any atom is -0.310 e. The lowest BCUT2D eigenvalue weighted by atomic mass is 10.1. The lowest BCUT2D eigenvalue weighted by Gasteiger charge is -2.16. The van der Waals surface area contributed by atoms with Crippen molar-refractivity contribution in [2.45, 2.75) is 26.3 Å². The number of hydrogen-bond donors (Lipinski definition) is 1. The van der Waals surface area contributed by atoms with Crippen molar-refractivity contribution in [1.29, 1.82) is 0 Å². The van der Waals surface area contributed by atoms with Crippen LogP contribution >= 0.6 is 23.2 Å². The molecule has 1 atom stereocenters. The molecule has 0 aliphatic heterocycles. The fraction of sp³-hybridized carbons (Fsp3) is 0.294. The molecule has 0 spiro atoms. The van der Waals surface area contributed by atoms with Gasteiger partial charge in [0.05, 0.1) is 10.0 Å². The zero-order valence-electron chi connectivity index (χ0n) is 11.8. The van der Waals surface area contributed by atoms with Crippen LogP contribution in [0.4, 0.5) is 0 Å². The van der Waals surface area contributed by atoms with E-state index in [0.717, 1.165) is 18.5 Å². The molecule has 1 N–H and O–H groups in total. The summed E-state index contributed by atoms with van der Waals surface area (Å²) in [5, 5.41) is 4.74. The summed E-state index contributed by atoms with van der Waals surface area (Å²) in [4.78, 5) is 0. The molecule has 0 bridgehead atoms. The normalized spacial score (nSPS) is 12.4. The van der Waals surface area contributed by atoms with Gasteiger partial charge in [0.15, 0.2) is 0 Å². The molecule has 0 aliphatic rings. The van der Waals surface area contributed by atoms with Gasteiger partial charge in [0.25, 0.3) is 0 Å². The zero-order chi connectivity index (χ0) is 14.5. The van der Waals surface area contributed by atoms with E-state index in [2.05, 4.69) is 43.4 Å². The van der Waals surface area contributed by atoms with Gasteiger partial charge in [-0.15, -0.1) is 0 Å². The second-order valence-electron chi connectivity index (χ2n) is 5.06. The number of aryl methyl sites for hydroxylation is 1. The Morgan fingerprint density at radius 2 is 1.85 bits per heavy atom. The number of rotatable bonds is 5. The van der Waals surface area contributed by atoms with E-state index >= 15 is 0 Å². The second kappa shape index (κ2) is 7.12. The molecule has 0 saturated carbocycles. The van der Waals surface area contributed by atoms with Crippen LogP contribution in [0, 0.1) is 6.92 Å². The molecule has 0 aliphatic carbocycles. The Morgan fingerprint density at radius 3 is 2.60 bits per heavy atom. The predicted octanol–water partition coefficient (Wildman–Crippen LogP) is 5.20. The summed E-state index contributed by atoms with van der Waals surface area (Å²) in [5.41, 5.74) is 3.69. The molecule has 0 heterocycles. The van der Waals surface area contributed by atoms with Gasteiger partial charge < -0.3 is 5.32 Å². The summed E-state index contributed by atoms with van der Waals surface area (Å²) in [7, 11) is 0. The molecule has 0 amide bonds. The van der Waals surface area contributed by atoms with Crippen LogP contribution < -0.4 is 5.32 Å². The Bertz CT molecular complexity index is 581. The van der Waals surface area contributed by atoms with E-state index in [9.17, 15) is 0 Å². The Hall–Kier alpha value is -1.02. The maximum absolute atomic E-state index is 6.23. The highest BCUT2D eigenvalue weighted by Gasteiger charge is 2.10. The standard InChI is InChI=1S/C17H19Cl2N/c1-12-5-3-6-14(11-12)9-10-20-13(2)15-7-4-8-16(18)17(15)19/h3-8,11,13,20H,9-10H2,1-2H3. The SMILES string of the molecule is Cc1cccc(CCNC(C)c2cccc(Cl)c2Cl)c1. The van der Waals surface area contributed by atoms with Gasteiger partial charge >= 0.3 is 0 Å². The molecule has 0 aromatic heterocycles. The van der Waals surface area contributed by atoms with Crippen LogP contribution in [0.25, 0.3) is 0 Å². The van der Waals surface area contributed by atoms with E-state index in [0.29, 0.717) is 10.0 Å². The van der Waals surface area contributed by atoms with Crippen LogP contribution in [0.1, 0.15) is 29.7 Å². The van der Waals surface area contributed by atoms with Gasteiger partial charge in [-0.05, 0) is 44.0 Å². The number of benzene rings is 2. The van der Waals surface area contributed by atoms with Gasteiger partial charge in [0, 0.05) is 6.04 Å². The summed E-state index contributed by atoms with van der Waals surface area (Å²) in [6, 6.07) is 14.5. The van der Waals surface area contributed by atoms with Gasteiger partial charge in [-0.2, -0.15) is 0 Å². The van der Waals surface area contributed by atoms with Gasteiger partial charge in [-0.1, -0.05) is 65.2 Å². The molecule has 2 rings (SSSR count). The summed E-state index contributed by atoms with van der Waals surface area (Å²) in [6.45, 7) is 5.13. The summed E-state index contributed by atoms with van der Waals surface area (Å²) in [6.07, 6.45) is 1.00. The largest absolute Gasteiger partial charge is 0.310 e. The zero-order valence-corrected chi connectivity index (χ0v) is 13.3. The van der Waals surface area contributed by atoms with Gasteiger partial charge in [0.1, 0.15) is 0 Å². The van der Waals surface area contributed by atoms with Crippen LogP contribution in [-0.4, -0.2) is 6.54 Å². The molecule has 0 radical (unpaired) electrons. The highest BCUT2D eigenvalue weighted by Crippen LogP contribution is 2.29. The van der Waals surface area contributed by atoms with Crippen LogP contribution in [-0.2, 0) is 6.42 Å². The number of hydrogen-bond acceptors (Lipinski definition) is 1. The molecule has 0 fully saturated rings. The maximum Gasteiger partial charge on any atom is 0.0639 e. The average molecular weight is 308 g/mol. The highest BCUT2D eigenvalue weighted by molar-refractivity contribution is 6.42.